The summed E-state index contributed by atoms with van der Waals surface area (Å²) in [4.78, 5) is 12.2. The molecular formula is C15H14ClNO2. The molecule has 0 saturated heterocycles. The molecule has 0 unspecified atom stereocenters. The quantitative estimate of drug-likeness (QED) is 0.873. The van der Waals surface area contributed by atoms with Crippen molar-refractivity contribution in [3.63, 3.8) is 0 Å². The zero-order chi connectivity index (χ0) is 14.0. The number of benzene rings is 2. The van der Waals surface area contributed by atoms with E-state index >= 15 is 0 Å². The smallest absolute Gasteiger partial charge is 0.256 e. The average Bonchev–Trinajstić information content (AvgIpc) is 2.37. The predicted octanol–water partition coefficient (Wildman–Crippen LogP) is 3.91. The average molecular weight is 276 g/mol. The minimum absolute atomic E-state index is 0.100. The molecule has 0 bridgehead atoms. The molecule has 4 heteroatoms. The van der Waals surface area contributed by atoms with Crippen LogP contribution in [0.3, 0.4) is 0 Å². The molecule has 1 amide bonds. The lowest BCUT2D eigenvalue weighted by molar-refractivity contribution is 0.102. The molecule has 0 aliphatic rings. The molecule has 2 N–H and O–H groups in total. The zero-order valence-electron chi connectivity index (χ0n) is 10.7. The van der Waals surface area contributed by atoms with Crippen molar-refractivity contribution in [3.8, 4) is 5.75 Å². The standard InChI is InChI=1S/C15H14ClNO2/c1-9-5-3-7-12(16)14(9)17-15(19)11-6-4-8-13(18)10(11)2/h3-8,18H,1-2H3,(H,17,19). The van der Waals surface area contributed by atoms with Crippen molar-refractivity contribution in [3.05, 3.63) is 58.1 Å². The molecule has 2 aromatic rings. The van der Waals surface area contributed by atoms with E-state index in [1.165, 1.54) is 0 Å². The Morgan fingerprint density at radius 1 is 1.16 bits per heavy atom. The SMILES string of the molecule is Cc1cccc(Cl)c1NC(=O)c1cccc(O)c1C. The monoisotopic (exact) mass is 275 g/mol. The van der Waals surface area contributed by atoms with E-state index in [9.17, 15) is 9.90 Å². The molecule has 19 heavy (non-hydrogen) atoms. The molecule has 0 aliphatic carbocycles. The van der Waals surface area contributed by atoms with Crippen LogP contribution in [0.25, 0.3) is 0 Å². The summed E-state index contributed by atoms with van der Waals surface area (Å²) < 4.78 is 0. The zero-order valence-corrected chi connectivity index (χ0v) is 11.5. The van der Waals surface area contributed by atoms with Crippen LogP contribution in [-0.2, 0) is 0 Å². The van der Waals surface area contributed by atoms with E-state index in [2.05, 4.69) is 5.32 Å². The lowest BCUT2D eigenvalue weighted by atomic mass is 10.1. The van der Waals surface area contributed by atoms with Gasteiger partial charge in [0.15, 0.2) is 0 Å². The normalized spacial score (nSPS) is 10.3. The number of para-hydroxylation sites is 1. The molecule has 0 saturated carbocycles. The lowest BCUT2D eigenvalue weighted by Crippen LogP contribution is -2.14. The highest BCUT2D eigenvalue weighted by Crippen LogP contribution is 2.27. The van der Waals surface area contributed by atoms with Crippen LogP contribution in [0, 0.1) is 13.8 Å². The van der Waals surface area contributed by atoms with Crippen LogP contribution in [-0.4, -0.2) is 11.0 Å². The number of hydrogen-bond donors (Lipinski definition) is 2. The van der Waals surface area contributed by atoms with Gasteiger partial charge in [0.1, 0.15) is 5.75 Å². The second-order valence-electron chi connectivity index (χ2n) is 4.34. The number of hydrogen-bond acceptors (Lipinski definition) is 2. The van der Waals surface area contributed by atoms with E-state index in [1.54, 1.807) is 31.2 Å². The molecule has 2 rings (SSSR count). The summed E-state index contributed by atoms with van der Waals surface area (Å²) in [6.45, 7) is 3.57. The van der Waals surface area contributed by atoms with Crippen LogP contribution in [0.5, 0.6) is 5.75 Å². The molecule has 0 spiro atoms. The minimum atomic E-state index is -0.287. The molecule has 0 aromatic heterocycles. The van der Waals surface area contributed by atoms with Gasteiger partial charge in [-0.3, -0.25) is 4.79 Å². The Morgan fingerprint density at radius 2 is 1.84 bits per heavy atom. The van der Waals surface area contributed by atoms with Crippen LogP contribution < -0.4 is 5.32 Å². The maximum atomic E-state index is 12.2. The molecule has 0 fully saturated rings. The van der Waals surface area contributed by atoms with Gasteiger partial charge in [-0.25, -0.2) is 0 Å². The summed E-state index contributed by atoms with van der Waals surface area (Å²) in [5.74, 6) is -0.187. The number of carbonyl (C=O) groups excluding carboxylic acids is 1. The second kappa shape index (κ2) is 5.33. The number of aromatic hydroxyl groups is 1. The Labute approximate surface area is 116 Å². The summed E-state index contributed by atoms with van der Waals surface area (Å²) in [6.07, 6.45) is 0. The largest absolute Gasteiger partial charge is 0.508 e. The van der Waals surface area contributed by atoms with Crippen LogP contribution in [0.1, 0.15) is 21.5 Å². The van der Waals surface area contributed by atoms with Gasteiger partial charge in [-0.15, -0.1) is 0 Å². The maximum Gasteiger partial charge on any atom is 0.256 e. The van der Waals surface area contributed by atoms with Crippen LogP contribution in [0.2, 0.25) is 5.02 Å². The van der Waals surface area contributed by atoms with Crippen molar-refractivity contribution in [1.82, 2.24) is 0 Å². The number of carbonyl (C=O) groups is 1. The maximum absolute atomic E-state index is 12.2. The summed E-state index contributed by atoms with van der Waals surface area (Å²) in [6, 6.07) is 10.3. The van der Waals surface area contributed by atoms with Crippen molar-refractivity contribution >= 4 is 23.2 Å². The van der Waals surface area contributed by atoms with Crippen molar-refractivity contribution in [1.29, 1.82) is 0 Å². The number of phenols is 1. The van der Waals surface area contributed by atoms with Gasteiger partial charge in [0.2, 0.25) is 0 Å². The minimum Gasteiger partial charge on any atom is -0.508 e. The number of anilines is 1. The Kier molecular flexibility index (Phi) is 3.76. The summed E-state index contributed by atoms with van der Waals surface area (Å²) >= 11 is 6.07. The summed E-state index contributed by atoms with van der Waals surface area (Å²) in [5.41, 5.74) is 2.46. The third-order valence-electron chi connectivity index (χ3n) is 3.01. The van der Waals surface area contributed by atoms with Gasteiger partial charge in [-0.2, -0.15) is 0 Å². The van der Waals surface area contributed by atoms with Crippen molar-refractivity contribution in [2.24, 2.45) is 0 Å². The van der Waals surface area contributed by atoms with E-state index < -0.39 is 0 Å². The van der Waals surface area contributed by atoms with Crippen molar-refractivity contribution in [2.45, 2.75) is 13.8 Å². The first-order chi connectivity index (χ1) is 9.00. The first-order valence-electron chi connectivity index (χ1n) is 5.85. The fourth-order valence-electron chi connectivity index (χ4n) is 1.84. The fraction of sp³-hybridized carbons (Fsp3) is 0.133. The number of aryl methyl sites for hydroxylation is 1. The molecule has 0 heterocycles. The Morgan fingerprint density at radius 3 is 2.53 bits per heavy atom. The van der Waals surface area contributed by atoms with Gasteiger partial charge < -0.3 is 10.4 Å². The molecule has 0 radical (unpaired) electrons. The van der Waals surface area contributed by atoms with E-state index in [0.717, 1.165) is 5.56 Å². The number of phenolic OH excluding ortho intramolecular Hbond substituents is 1. The van der Waals surface area contributed by atoms with Crippen LogP contribution >= 0.6 is 11.6 Å². The highest BCUT2D eigenvalue weighted by Gasteiger charge is 2.13. The highest BCUT2D eigenvalue weighted by molar-refractivity contribution is 6.34. The van der Waals surface area contributed by atoms with Gasteiger partial charge in [-0.05, 0) is 37.6 Å². The number of nitrogens with one attached hydrogen (secondary N) is 1. The van der Waals surface area contributed by atoms with E-state index in [-0.39, 0.29) is 11.7 Å². The number of rotatable bonds is 2. The lowest BCUT2D eigenvalue weighted by Gasteiger charge is -2.12. The Bertz CT molecular complexity index is 618. The molecule has 0 aliphatic heterocycles. The number of halogens is 1. The van der Waals surface area contributed by atoms with Gasteiger partial charge in [0.05, 0.1) is 10.7 Å². The molecule has 3 nitrogen and oxygen atoms in total. The van der Waals surface area contributed by atoms with Crippen molar-refractivity contribution < 1.29 is 9.90 Å². The van der Waals surface area contributed by atoms with Crippen LogP contribution in [0.4, 0.5) is 5.69 Å². The second-order valence-corrected chi connectivity index (χ2v) is 4.74. The summed E-state index contributed by atoms with van der Waals surface area (Å²) in [7, 11) is 0. The topological polar surface area (TPSA) is 49.3 Å². The van der Waals surface area contributed by atoms with Crippen LogP contribution in [0.15, 0.2) is 36.4 Å². The first-order valence-corrected chi connectivity index (χ1v) is 6.23. The molecule has 98 valence electrons. The Balaban J connectivity index is 2.34. The van der Waals surface area contributed by atoms with E-state index in [4.69, 9.17) is 11.6 Å². The molecular weight excluding hydrogens is 262 g/mol. The number of amides is 1. The Hall–Kier alpha value is -2.00. The third-order valence-corrected chi connectivity index (χ3v) is 3.33. The summed E-state index contributed by atoms with van der Waals surface area (Å²) in [5, 5.41) is 12.9. The van der Waals surface area contributed by atoms with Gasteiger partial charge in [-0.1, -0.05) is 29.8 Å². The van der Waals surface area contributed by atoms with E-state index in [0.29, 0.717) is 21.8 Å². The molecule has 0 atom stereocenters. The van der Waals surface area contributed by atoms with Gasteiger partial charge in [0, 0.05) is 11.1 Å². The molecule has 2 aromatic carbocycles. The van der Waals surface area contributed by atoms with Gasteiger partial charge in [0.25, 0.3) is 5.91 Å². The fourth-order valence-corrected chi connectivity index (χ4v) is 2.11. The first kappa shape index (κ1) is 13.4. The van der Waals surface area contributed by atoms with Gasteiger partial charge >= 0.3 is 0 Å². The van der Waals surface area contributed by atoms with E-state index in [1.807, 2.05) is 19.1 Å². The highest BCUT2D eigenvalue weighted by atomic mass is 35.5. The predicted molar refractivity (Wildman–Crippen MR) is 77.0 cm³/mol. The van der Waals surface area contributed by atoms with Crippen molar-refractivity contribution in [2.75, 3.05) is 5.32 Å². The third kappa shape index (κ3) is 2.71.